The maximum atomic E-state index is 12.7. The number of rotatable bonds is 4. The predicted octanol–water partition coefficient (Wildman–Crippen LogP) is 1.90. The third-order valence-electron chi connectivity index (χ3n) is 4.75. The summed E-state index contributed by atoms with van der Waals surface area (Å²) in [5.41, 5.74) is 2.11. The first kappa shape index (κ1) is 17.4. The smallest absolute Gasteiger partial charge is 0.293 e. The van der Waals surface area contributed by atoms with E-state index in [9.17, 15) is 4.79 Å². The quantitative estimate of drug-likeness (QED) is 0.709. The van der Waals surface area contributed by atoms with Crippen LogP contribution < -0.4 is 0 Å². The van der Waals surface area contributed by atoms with E-state index in [2.05, 4.69) is 44.3 Å². The van der Waals surface area contributed by atoms with Gasteiger partial charge in [0.05, 0.1) is 0 Å². The predicted molar refractivity (Wildman–Crippen MR) is 103 cm³/mol. The normalized spacial score (nSPS) is 15.7. The number of carbonyl (C=O) groups excluding carboxylic acids is 1. The van der Waals surface area contributed by atoms with Crippen molar-refractivity contribution in [3.63, 3.8) is 0 Å². The zero-order valence-corrected chi connectivity index (χ0v) is 15.3. The lowest BCUT2D eigenvalue weighted by atomic mass is 10.2. The van der Waals surface area contributed by atoms with Crippen molar-refractivity contribution in [2.24, 2.45) is 0 Å². The molecule has 0 bridgehead atoms. The van der Waals surface area contributed by atoms with Crippen molar-refractivity contribution in [2.45, 2.75) is 6.92 Å². The van der Waals surface area contributed by atoms with Crippen LogP contribution in [0.15, 0.2) is 48.7 Å². The van der Waals surface area contributed by atoms with Crippen molar-refractivity contribution in [3.05, 3.63) is 65.8 Å². The van der Waals surface area contributed by atoms with Gasteiger partial charge in [-0.3, -0.25) is 9.69 Å². The van der Waals surface area contributed by atoms with E-state index in [1.54, 1.807) is 10.7 Å². The fraction of sp³-hybridized carbons (Fsp3) is 0.300. The third-order valence-corrected chi connectivity index (χ3v) is 4.75. The minimum Gasteiger partial charge on any atom is -0.333 e. The summed E-state index contributed by atoms with van der Waals surface area (Å²) in [5, 5.41) is 4.32. The number of aromatic nitrogens is 4. The molecule has 0 atom stereocenters. The first-order chi connectivity index (χ1) is 13.2. The van der Waals surface area contributed by atoms with Crippen molar-refractivity contribution < 1.29 is 4.79 Å². The highest BCUT2D eigenvalue weighted by Gasteiger charge is 2.25. The van der Waals surface area contributed by atoms with Crippen LogP contribution in [0.25, 0.3) is 11.9 Å². The summed E-state index contributed by atoms with van der Waals surface area (Å²) < 4.78 is 1.61. The lowest BCUT2D eigenvalue weighted by Crippen LogP contribution is -2.48. The van der Waals surface area contributed by atoms with Gasteiger partial charge in [0, 0.05) is 44.6 Å². The molecule has 2 aromatic heterocycles. The van der Waals surface area contributed by atoms with Crippen LogP contribution in [0.4, 0.5) is 0 Å². The molecule has 3 aromatic rings. The van der Waals surface area contributed by atoms with Gasteiger partial charge in [-0.15, -0.1) is 5.10 Å². The summed E-state index contributed by atoms with van der Waals surface area (Å²) >= 11 is 0. The molecule has 1 amide bonds. The number of hydrogen-bond donors (Lipinski definition) is 0. The Labute approximate surface area is 158 Å². The van der Waals surface area contributed by atoms with Crippen LogP contribution in [0.3, 0.4) is 0 Å². The summed E-state index contributed by atoms with van der Waals surface area (Å²) in [7, 11) is 0. The fourth-order valence-electron chi connectivity index (χ4n) is 3.17. The van der Waals surface area contributed by atoms with Gasteiger partial charge in [-0.25, -0.2) is 9.50 Å². The van der Waals surface area contributed by atoms with Gasteiger partial charge < -0.3 is 4.90 Å². The SMILES string of the molecule is Cc1ccnc2nc(C(=O)N3CCN(CC=Cc4ccccc4)CC3)nn12. The number of amides is 1. The molecule has 0 N–H and O–H groups in total. The minimum atomic E-state index is -0.126. The molecule has 1 aliphatic rings. The molecule has 7 heteroatoms. The number of aryl methyl sites for hydroxylation is 1. The second kappa shape index (κ2) is 7.67. The Hall–Kier alpha value is -3.06. The van der Waals surface area contributed by atoms with E-state index < -0.39 is 0 Å². The van der Waals surface area contributed by atoms with Gasteiger partial charge in [0.1, 0.15) is 0 Å². The summed E-state index contributed by atoms with van der Waals surface area (Å²) in [6.45, 7) is 5.84. The molecule has 27 heavy (non-hydrogen) atoms. The molecule has 1 aliphatic heterocycles. The molecule has 138 valence electrons. The van der Waals surface area contributed by atoms with Gasteiger partial charge >= 0.3 is 0 Å². The first-order valence-corrected chi connectivity index (χ1v) is 9.12. The van der Waals surface area contributed by atoms with Crippen molar-refractivity contribution >= 4 is 17.8 Å². The summed E-state index contributed by atoms with van der Waals surface area (Å²) in [5.74, 6) is 0.552. The molecule has 0 saturated carbocycles. The van der Waals surface area contributed by atoms with E-state index in [0.717, 1.165) is 25.3 Å². The Morgan fingerprint density at radius 1 is 1.11 bits per heavy atom. The van der Waals surface area contributed by atoms with E-state index in [1.807, 2.05) is 36.1 Å². The van der Waals surface area contributed by atoms with Crippen molar-refractivity contribution in [3.8, 4) is 0 Å². The number of piperazine rings is 1. The van der Waals surface area contributed by atoms with E-state index in [1.165, 1.54) is 5.56 Å². The topological polar surface area (TPSA) is 66.6 Å². The van der Waals surface area contributed by atoms with Gasteiger partial charge in [-0.05, 0) is 18.6 Å². The van der Waals surface area contributed by atoms with Crippen LogP contribution in [0, 0.1) is 6.92 Å². The average molecular weight is 362 g/mol. The van der Waals surface area contributed by atoms with Crippen LogP contribution in [0.5, 0.6) is 0 Å². The Balaban J connectivity index is 1.33. The number of nitrogens with zero attached hydrogens (tertiary/aromatic N) is 6. The summed E-state index contributed by atoms with van der Waals surface area (Å²) in [6, 6.07) is 12.1. The number of hydrogen-bond acceptors (Lipinski definition) is 5. The largest absolute Gasteiger partial charge is 0.333 e. The lowest BCUT2D eigenvalue weighted by molar-refractivity contribution is 0.0638. The molecule has 0 aliphatic carbocycles. The molecule has 4 rings (SSSR count). The van der Waals surface area contributed by atoms with Crippen LogP contribution in [0.2, 0.25) is 0 Å². The highest BCUT2D eigenvalue weighted by molar-refractivity contribution is 5.91. The standard InChI is InChI=1S/C20H22N6O/c1-16-9-10-21-20-22-18(23-26(16)20)19(27)25-14-12-24(13-15-25)11-5-8-17-6-3-2-4-7-17/h2-10H,11-15H2,1H3. The Morgan fingerprint density at radius 3 is 2.63 bits per heavy atom. The van der Waals surface area contributed by atoms with Crippen LogP contribution in [0.1, 0.15) is 21.9 Å². The molecular weight excluding hydrogens is 340 g/mol. The molecule has 3 heterocycles. The van der Waals surface area contributed by atoms with Gasteiger partial charge in [0.25, 0.3) is 11.7 Å². The fourth-order valence-corrected chi connectivity index (χ4v) is 3.17. The summed E-state index contributed by atoms with van der Waals surface area (Å²) in [4.78, 5) is 25.3. The highest BCUT2D eigenvalue weighted by Crippen LogP contribution is 2.09. The van der Waals surface area contributed by atoms with E-state index in [-0.39, 0.29) is 11.7 Å². The van der Waals surface area contributed by atoms with Crippen molar-refractivity contribution in [1.29, 1.82) is 0 Å². The maximum Gasteiger partial charge on any atom is 0.293 e. The van der Waals surface area contributed by atoms with Gasteiger partial charge in [0.2, 0.25) is 5.82 Å². The number of benzene rings is 1. The molecule has 7 nitrogen and oxygen atoms in total. The van der Waals surface area contributed by atoms with Gasteiger partial charge in [-0.2, -0.15) is 4.98 Å². The third kappa shape index (κ3) is 3.88. The minimum absolute atomic E-state index is 0.126. The second-order valence-electron chi connectivity index (χ2n) is 6.64. The Bertz CT molecular complexity index is 957. The van der Waals surface area contributed by atoms with E-state index in [0.29, 0.717) is 18.9 Å². The molecule has 0 radical (unpaired) electrons. The Morgan fingerprint density at radius 2 is 1.89 bits per heavy atom. The molecule has 1 aromatic carbocycles. The second-order valence-corrected chi connectivity index (χ2v) is 6.64. The average Bonchev–Trinajstić information content (AvgIpc) is 3.15. The highest BCUT2D eigenvalue weighted by atomic mass is 16.2. The van der Waals surface area contributed by atoms with E-state index in [4.69, 9.17) is 0 Å². The van der Waals surface area contributed by atoms with Crippen LogP contribution in [-0.2, 0) is 0 Å². The molecule has 0 unspecified atom stereocenters. The molecular formula is C20H22N6O. The van der Waals surface area contributed by atoms with Crippen molar-refractivity contribution in [1.82, 2.24) is 29.4 Å². The first-order valence-electron chi connectivity index (χ1n) is 9.12. The van der Waals surface area contributed by atoms with Gasteiger partial charge in [-0.1, -0.05) is 42.5 Å². The Kier molecular flexibility index (Phi) is 4.93. The molecule has 1 saturated heterocycles. The zero-order valence-electron chi connectivity index (χ0n) is 15.3. The number of carbonyl (C=O) groups is 1. The molecule has 0 spiro atoms. The maximum absolute atomic E-state index is 12.7. The summed E-state index contributed by atoms with van der Waals surface area (Å²) in [6.07, 6.45) is 5.98. The van der Waals surface area contributed by atoms with Crippen molar-refractivity contribution in [2.75, 3.05) is 32.7 Å². The van der Waals surface area contributed by atoms with Crippen LogP contribution in [-0.4, -0.2) is 68.0 Å². The molecule has 1 fully saturated rings. The monoisotopic (exact) mass is 362 g/mol. The number of fused-ring (bicyclic) bond motifs is 1. The van der Waals surface area contributed by atoms with Crippen LogP contribution >= 0.6 is 0 Å². The van der Waals surface area contributed by atoms with Gasteiger partial charge in [0.15, 0.2) is 0 Å². The zero-order chi connectivity index (χ0) is 18.6. The lowest BCUT2D eigenvalue weighted by Gasteiger charge is -2.33. The van der Waals surface area contributed by atoms with E-state index >= 15 is 0 Å².